The zero-order valence-electron chi connectivity index (χ0n) is 43.3. The summed E-state index contributed by atoms with van der Waals surface area (Å²) in [6, 6.07) is -1.47. The quantitative estimate of drug-likeness (QED) is 0.0232. The van der Waals surface area contributed by atoms with Crippen molar-refractivity contribution in [1.29, 1.82) is 0 Å². The van der Waals surface area contributed by atoms with Gasteiger partial charge in [0.05, 0.1) is 19.8 Å². The van der Waals surface area contributed by atoms with Gasteiger partial charge in [-0.05, 0) is 38.5 Å². The van der Waals surface area contributed by atoms with Crippen LogP contribution in [-0.4, -0.2) is 60.5 Å². The lowest BCUT2D eigenvalue weighted by Crippen LogP contribution is -2.34. The largest absolute Gasteiger partial charge is 0.480 e. The van der Waals surface area contributed by atoms with Gasteiger partial charge in [0.2, 0.25) is 0 Å². The minimum atomic E-state index is -4.62. The predicted octanol–water partition coefficient (Wildman–Crippen LogP) is 16.8. The SMILES string of the molecule is CCCCCCCCCC/C=C\CCCCCCCCCCCCCCOCC(COP(=O)(O)OCC(N)C(=O)O)OC(=O)CCCCCCCCCCCCCCCCCCCCCC. The third-order valence-corrected chi connectivity index (χ3v) is 13.7. The predicted molar refractivity (Wildman–Crippen MR) is 277 cm³/mol. The molecule has 0 rings (SSSR count). The molecule has 11 heteroatoms. The Bertz CT molecular complexity index is 1110. The molecular weight excluding hydrogens is 850 g/mol. The summed E-state index contributed by atoms with van der Waals surface area (Å²) in [5, 5.41) is 8.94. The lowest BCUT2D eigenvalue weighted by atomic mass is 10.0. The maximum Gasteiger partial charge on any atom is 0.472 e. The average Bonchev–Trinajstić information content (AvgIpc) is 3.30. The summed E-state index contributed by atoms with van der Waals surface area (Å²) in [6.45, 7) is 3.96. The van der Waals surface area contributed by atoms with Gasteiger partial charge < -0.3 is 25.2 Å². The van der Waals surface area contributed by atoms with E-state index in [1.807, 2.05) is 0 Å². The molecule has 3 unspecified atom stereocenters. The van der Waals surface area contributed by atoms with E-state index >= 15 is 0 Å². The van der Waals surface area contributed by atoms with Crippen molar-refractivity contribution in [3.63, 3.8) is 0 Å². The minimum absolute atomic E-state index is 0.0235. The number of carboxylic acids is 1. The van der Waals surface area contributed by atoms with Gasteiger partial charge in [0.15, 0.2) is 0 Å². The standard InChI is InChI=1S/C55H108NO9P/c1-3-5-7-9-11-13-15-17-19-21-23-25-26-27-28-30-32-34-36-38-40-42-44-46-48-62-49-52(50-63-66(60,61)64-51-53(56)55(58)59)65-54(57)47-45-43-41-39-37-35-33-31-29-24-22-20-18-16-14-12-10-8-6-4-2/h21,23,52-53H,3-20,22,24-51,56H2,1-2H3,(H,58,59)(H,60,61)/b23-21-. The second kappa shape index (κ2) is 51.6. The number of aliphatic carboxylic acids is 1. The number of hydrogen-bond donors (Lipinski definition) is 3. The van der Waals surface area contributed by atoms with Crippen LogP contribution in [0, 0.1) is 0 Å². The van der Waals surface area contributed by atoms with Gasteiger partial charge in [-0.3, -0.25) is 18.6 Å². The van der Waals surface area contributed by atoms with Crippen LogP contribution in [0.1, 0.15) is 290 Å². The topological polar surface area (TPSA) is 155 Å². The van der Waals surface area contributed by atoms with Crippen LogP contribution in [0.3, 0.4) is 0 Å². The molecule has 0 radical (unpaired) electrons. The Morgan fingerprint density at radius 3 is 1.15 bits per heavy atom. The zero-order chi connectivity index (χ0) is 48.3. The molecule has 4 N–H and O–H groups in total. The molecule has 0 aromatic carbocycles. The van der Waals surface area contributed by atoms with E-state index in [2.05, 4.69) is 26.0 Å². The highest BCUT2D eigenvalue weighted by atomic mass is 31.2. The monoisotopic (exact) mass is 958 g/mol. The molecule has 0 aliphatic heterocycles. The van der Waals surface area contributed by atoms with Gasteiger partial charge in [-0.25, -0.2) is 4.57 Å². The van der Waals surface area contributed by atoms with Crippen LogP contribution in [0.5, 0.6) is 0 Å². The zero-order valence-corrected chi connectivity index (χ0v) is 44.2. The van der Waals surface area contributed by atoms with E-state index in [0.717, 1.165) is 38.5 Å². The highest BCUT2D eigenvalue weighted by Gasteiger charge is 2.27. The van der Waals surface area contributed by atoms with Gasteiger partial charge in [-0.1, -0.05) is 257 Å². The summed E-state index contributed by atoms with van der Waals surface area (Å²) < 4.78 is 33.6. The average molecular weight is 958 g/mol. The Hall–Kier alpha value is -1.29. The van der Waals surface area contributed by atoms with Crippen LogP contribution in [0.4, 0.5) is 0 Å². The highest BCUT2D eigenvalue weighted by Crippen LogP contribution is 2.43. The molecule has 0 aliphatic carbocycles. The van der Waals surface area contributed by atoms with E-state index < -0.39 is 45.1 Å². The molecule has 0 aromatic heterocycles. The van der Waals surface area contributed by atoms with Gasteiger partial charge in [0.25, 0.3) is 0 Å². The van der Waals surface area contributed by atoms with Crippen molar-refractivity contribution < 1.29 is 42.7 Å². The molecule has 0 saturated carbocycles. The van der Waals surface area contributed by atoms with Crippen LogP contribution in [0.2, 0.25) is 0 Å². The second-order valence-electron chi connectivity index (χ2n) is 19.4. The summed E-state index contributed by atoms with van der Waals surface area (Å²) in [4.78, 5) is 33.8. The minimum Gasteiger partial charge on any atom is -0.480 e. The summed E-state index contributed by atoms with van der Waals surface area (Å²) in [7, 11) is -4.62. The lowest BCUT2D eigenvalue weighted by Gasteiger charge is -2.20. The van der Waals surface area contributed by atoms with Gasteiger partial charge in [0, 0.05) is 13.0 Å². The van der Waals surface area contributed by atoms with E-state index in [9.17, 15) is 19.0 Å². The number of ether oxygens (including phenoxy) is 2. The first-order chi connectivity index (χ1) is 32.2. The van der Waals surface area contributed by atoms with Gasteiger partial charge in [-0.15, -0.1) is 0 Å². The number of carboxylic acid groups (broad SMARTS) is 1. The first-order valence-corrected chi connectivity index (χ1v) is 29.7. The Morgan fingerprint density at radius 2 is 0.788 bits per heavy atom. The van der Waals surface area contributed by atoms with Crippen molar-refractivity contribution in [2.75, 3.05) is 26.4 Å². The maximum absolute atomic E-state index is 12.7. The number of hydrogen-bond acceptors (Lipinski definition) is 8. The molecule has 0 aromatic rings. The van der Waals surface area contributed by atoms with E-state index in [0.29, 0.717) is 6.61 Å². The molecule has 0 fully saturated rings. The number of carbonyl (C=O) groups is 2. The molecule has 0 amide bonds. The van der Waals surface area contributed by atoms with Crippen LogP contribution in [0.15, 0.2) is 12.2 Å². The smallest absolute Gasteiger partial charge is 0.472 e. The third-order valence-electron chi connectivity index (χ3n) is 12.8. The number of rotatable bonds is 55. The fourth-order valence-electron chi connectivity index (χ4n) is 8.43. The van der Waals surface area contributed by atoms with E-state index in [1.54, 1.807) is 0 Å². The molecule has 0 spiro atoms. The molecule has 0 heterocycles. The summed E-state index contributed by atoms with van der Waals surface area (Å²) in [5.41, 5.74) is 5.39. The van der Waals surface area contributed by atoms with Gasteiger partial charge in [-0.2, -0.15) is 0 Å². The first-order valence-electron chi connectivity index (χ1n) is 28.2. The Labute approximate surface area is 407 Å². The highest BCUT2D eigenvalue weighted by molar-refractivity contribution is 7.47. The Kier molecular flexibility index (Phi) is 50.5. The molecule has 0 bridgehead atoms. The summed E-state index contributed by atoms with van der Waals surface area (Å²) >= 11 is 0. The number of allylic oxidation sites excluding steroid dienone is 2. The van der Waals surface area contributed by atoms with Crippen molar-refractivity contribution >= 4 is 19.8 Å². The second-order valence-corrected chi connectivity index (χ2v) is 20.9. The molecule has 0 aliphatic rings. The Morgan fingerprint density at radius 1 is 0.470 bits per heavy atom. The van der Waals surface area contributed by atoms with Crippen molar-refractivity contribution in [3.05, 3.63) is 12.2 Å². The summed E-state index contributed by atoms with van der Waals surface area (Å²) in [5.74, 6) is -1.76. The molecule has 392 valence electrons. The van der Waals surface area contributed by atoms with Gasteiger partial charge in [0.1, 0.15) is 12.1 Å². The number of carbonyl (C=O) groups excluding carboxylic acids is 1. The van der Waals surface area contributed by atoms with Gasteiger partial charge >= 0.3 is 19.8 Å². The van der Waals surface area contributed by atoms with E-state index in [-0.39, 0.29) is 13.0 Å². The molecule has 0 saturated heterocycles. The summed E-state index contributed by atoms with van der Waals surface area (Å²) in [6.07, 6.45) is 58.5. The van der Waals surface area contributed by atoms with Crippen molar-refractivity contribution in [3.8, 4) is 0 Å². The van der Waals surface area contributed by atoms with Crippen LogP contribution in [-0.2, 0) is 32.7 Å². The van der Waals surface area contributed by atoms with Crippen LogP contribution in [0.25, 0.3) is 0 Å². The van der Waals surface area contributed by atoms with Crippen molar-refractivity contribution in [2.24, 2.45) is 5.73 Å². The first kappa shape index (κ1) is 64.7. The normalized spacial score (nSPS) is 13.6. The fourth-order valence-corrected chi connectivity index (χ4v) is 9.20. The number of unbranched alkanes of at least 4 members (excludes halogenated alkanes) is 39. The maximum atomic E-state index is 12.7. The number of phosphoric acid groups is 1. The molecule has 66 heavy (non-hydrogen) atoms. The van der Waals surface area contributed by atoms with Crippen molar-refractivity contribution in [1.82, 2.24) is 0 Å². The van der Waals surface area contributed by atoms with Crippen LogP contribution < -0.4 is 5.73 Å². The fraction of sp³-hybridized carbons (Fsp3) is 0.927. The molecular formula is C55H108NO9P. The third kappa shape index (κ3) is 50.6. The molecule has 10 nitrogen and oxygen atoms in total. The number of phosphoric ester groups is 1. The van der Waals surface area contributed by atoms with Crippen LogP contribution >= 0.6 is 7.82 Å². The number of esters is 1. The lowest BCUT2D eigenvalue weighted by molar-refractivity contribution is -0.154. The van der Waals surface area contributed by atoms with E-state index in [1.165, 1.54) is 231 Å². The Balaban J connectivity index is 4.03. The van der Waals surface area contributed by atoms with Crippen molar-refractivity contribution in [2.45, 2.75) is 302 Å². The van der Waals surface area contributed by atoms with E-state index in [4.69, 9.17) is 29.4 Å². The molecule has 3 atom stereocenters. The number of nitrogens with two attached hydrogens (primary N) is 1.